The molecule has 0 aliphatic carbocycles. The summed E-state index contributed by atoms with van der Waals surface area (Å²) in [5.74, 6) is 0. The van der Waals surface area contributed by atoms with Gasteiger partial charge in [0.15, 0.2) is 6.29 Å². The number of hydrogen-bond acceptors (Lipinski definition) is 8. The molecule has 0 unspecified atom stereocenters. The van der Waals surface area contributed by atoms with Crippen LogP contribution in [0.4, 0.5) is 0 Å². The Bertz CT molecular complexity index is 679. The number of benzene rings is 1. The van der Waals surface area contributed by atoms with Crippen LogP contribution in [0.1, 0.15) is 0 Å². The van der Waals surface area contributed by atoms with Crippen LogP contribution in [0, 0.1) is 0 Å². The Morgan fingerprint density at radius 2 is 1.61 bits per heavy atom. The molecule has 0 bridgehead atoms. The van der Waals surface area contributed by atoms with Gasteiger partial charge in [0, 0.05) is 11.5 Å². The molecule has 126 valence electrons. The molecular formula is C15H18O8. The van der Waals surface area contributed by atoms with Crippen molar-refractivity contribution < 1.29 is 34.7 Å². The Balaban J connectivity index is 0.000000167. The van der Waals surface area contributed by atoms with E-state index in [1.165, 1.54) is 6.07 Å². The summed E-state index contributed by atoms with van der Waals surface area (Å²) in [6, 6.07) is 10.6. The maximum absolute atomic E-state index is 10.7. The third kappa shape index (κ3) is 4.14. The largest absolute Gasteiger partial charge is 0.423 e. The van der Waals surface area contributed by atoms with Crippen LogP contribution >= 0.6 is 0 Å². The zero-order valence-electron chi connectivity index (χ0n) is 12.0. The molecule has 1 aliphatic rings. The summed E-state index contributed by atoms with van der Waals surface area (Å²) in [4.78, 5) is 10.7. The van der Waals surface area contributed by atoms with E-state index in [0.717, 1.165) is 5.39 Å². The van der Waals surface area contributed by atoms with Crippen LogP contribution in [0.3, 0.4) is 0 Å². The van der Waals surface area contributed by atoms with Gasteiger partial charge < -0.3 is 34.7 Å². The minimum atomic E-state index is -1.57. The van der Waals surface area contributed by atoms with Crippen LogP contribution in [0.2, 0.25) is 0 Å². The molecule has 2 aromatic rings. The molecule has 1 aromatic carbocycles. The second kappa shape index (κ2) is 7.64. The van der Waals surface area contributed by atoms with Crippen molar-refractivity contribution in [2.45, 2.75) is 30.7 Å². The van der Waals surface area contributed by atoms with Gasteiger partial charge in [0.25, 0.3) is 0 Å². The number of rotatable bonds is 1. The van der Waals surface area contributed by atoms with E-state index in [4.69, 9.17) is 29.9 Å². The first kappa shape index (κ1) is 17.5. The van der Waals surface area contributed by atoms with Crippen LogP contribution in [0.5, 0.6) is 0 Å². The lowest BCUT2D eigenvalue weighted by atomic mass is 10.00. The van der Waals surface area contributed by atoms with Crippen molar-refractivity contribution in [3.05, 3.63) is 46.8 Å². The Labute approximate surface area is 130 Å². The summed E-state index contributed by atoms with van der Waals surface area (Å²) in [5.41, 5.74) is 0.337. The molecule has 8 heteroatoms. The highest BCUT2D eigenvalue weighted by molar-refractivity contribution is 5.75. The van der Waals surface area contributed by atoms with Crippen LogP contribution in [-0.2, 0) is 4.74 Å². The van der Waals surface area contributed by atoms with Gasteiger partial charge in [-0.15, -0.1) is 0 Å². The van der Waals surface area contributed by atoms with E-state index in [2.05, 4.69) is 4.74 Å². The van der Waals surface area contributed by atoms with Gasteiger partial charge in [-0.25, -0.2) is 4.79 Å². The fourth-order valence-electron chi connectivity index (χ4n) is 2.09. The maximum Gasteiger partial charge on any atom is 0.336 e. The third-order valence-electron chi connectivity index (χ3n) is 3.40. The van der Waals surface area contributed by atoms with E-state index in [1.807, 2.05) is 18.2 Å². The van der Waals surface area contributed by atoms with Crippen molar-refractivity contribution in [2.24, 2.45) is 0 Å². The molecule has 1 saturated heterocycles. The lowest BCUT2D eigenvalue weighted by Gasteiger charge is -2.37. The number of ether oxygens (including phenoxy) is 1. The monoisotopic (exact) mass is 326 g/mol. The summed E-state index contributed by atoms with van der Waals surface area (Å²) in [7, 11) is 0. The van der Waals surface area contributed by atoms with Gasteiger partial charge in [0.1, 0.15) is 30.0 Å². The number of para-hydroxylation sites is 1. The number of fused-ring (bicyclic) bond motifs is 1. The first-order valence-corrected chi connectivity index (χ1v) is 6.91. The summed E-state index contributed by atoms with van der Waals surface area (Å²) in [6.45, 7) is -0.526. The first-order valence-electron chi connectivity index (χ1n) is 6.91. The van der Waals surface area contributed by atoms with Crippen LogP contribution < -0.4 is 5.63 Å². The zero-order valence-corrected chi connectivity index (χ0v) is 12.0. The number of aliphatic hydroxyl groups excluding tert-OH is 5. The van der Waals surface area contributed by atoms with E-state index in [1.54, 1.807) is 12.1 Å². The fraction of sp³-hybridized carbons (Fsp3) is 0.400. The van der Waals surface area contributed by atoms with Crippen molar-refractivity contribution in [3.63, 3.8) is 0 Å². The van der Waals surface area contributed by atoms with Gasteiger partial charge in [-0.3, -0.25) is 0 Å². The predicted molar refractivity (Wildman–Crippen MR) is 78.5 cm³/mol. The van der Waals surface area contributed by atoms with Gasteiger partial charge in [-0.05, 0) is 12.1 Å². The van der Waals surface area contributed by atoms with Gasteiger partial charge in [-0.1, -0.05) is 18.2 Å². The third-order valence-corrected chi connectivity index (χ3v) is 3.40. The standard InChI is InChI=1S/C9H6O2.C6H12O6/c10-9-6-5-7-3-1-2-4-8(7)11-9;7-1-2-3(8)4(9)5(10)6(11)12-2/h1-6H;2-11H,1H2/t;2-,3+,4+,5-,6-/m.1/s1. The lowest BCUT2D eigenvalue weighted by Crippen LogP contribution is -2.58. The molecule has 5 atom stereocenters. The average Bonchev–Trinajstić information content (AvgIpc) is 2.56. The molecule has 0 saturated carbocycles. The van der Waals surface area contributed by atoms with Crippen molar-refractivity contribution in [1.82, 2.24) is 0 Å². The van der Waals surface area contributed by atoms with E-state index in [-0.39, 0.29) is 5.63 Å². The first-order chi connectivity index (χ1) is 10.9. The molecule has 23 heavy (non-hydrogen) atoms. The van der Waals surface area contributed by atoms with Crippen molar-refractivity contribution in [2.75, 3.05) is 6.61 Å². The molecule has 2 heterocycles. The summed E-state index contributed by atoms with van der Waals surface area (Å²) < 4.78 is 9.48. The quantitative estimate of drug-likeness (QED) is 0.402. The van der Waals surface area contributed by atoms with Crippen molar-refractivity contribution in [3.8, 4) is 0 Å². The Morgan fingerprint density at radius 1 is 0.913 bits per heavy atom. The van der Waals surface area contributed by atoms with Gasteiger partial charge >= 0.3 is 5.63 Å². The number of aliphatic hydroxyl groups is 5. The average molecular weight is 326 g/mol. The van der Waals surface area contributed by atoms with Gasteiger partial charge in [-0.2, -0.15) is 0 Å². The summed E-state index contributed by atoms with van der Waals surface area (Å²) in [6.07, 6.45) is -7.04. The smallest absolute Gasteiger partial charge is 0.336 e. The minimum absolute atomic E-state index is 0.302. The van der Waals surface area contributed by atoms with E-state index < -0.39 is 37.3 Å². The van der Waals surface area contributed by atoms with E-state index >= 15 is 0 Å². The molecule has 1 fully saturated rings. The molecule has 5 N–H and O–H groups in total. The van der Waals surface area contributed by atoms with E-state index in [9.17, 15) is 4.79 Å². The number of hydrogen-bond donors (Lipinski definition) is 5. The molecule has 8 nitrogen and oxygen atoms in total. The molecule has 0 spiro atoms. The van der Waals surface area contributed by atoms with Gasteiger partial charge in [0.05, 0.1) is 6.61 Å². The highest BCUT2D eigenvalue weighted by Gasteiger charge is 2.42. The van der Waals surface area contributed by atoms with E-state index in [0.29, 0.717) is 5.58 Å². The second-order valence-corrected chi connectivity index (χ2v) is 5.01. The Morgan fingerprint density at radius 3 is 2.30 bits per heavy atom. The highest BCUT2D eigenvalue weighted by Crippen LogP contribution is 2.19. The Hall–Kier alpha value is -1.81. The minimum Gasteiger partial charge on any atom is -0.423 e. The molecule has 1 aromatic heterocycles. The summed E-state index contributed by atoms with van der Waals surface area (Å²) >= 11 is 0. The normalized spacial score (nSPS) is 30.6. The molecule has 0 amide bonds. The van der Waals surface area contributed by atoms with Crippen molar-refractivity contribution in [1.29, 1.82) is 0 Å². The predicted octanol–water partition coefficient (Wildman–Crippen LogP) is -1.43. The van der Waals surface area contributed by atoms with Crippen LogP contribution in [-0.4, -0.2) is 62.8 Å². The summed E-state index contributed by atoms with van der Waals surface area (Å²) in [5, 5.41) is 45.6. The highest BCUT2D eigenvalue weighted by atomic mass is 16.6. The van der Waals surface area contributed by atoms with Crippen LogP contribution in [0.15, 0.2) is 45.6 Å². The molecule has 3 rings (SSSR count). The maximum atomic E-state index is 10.7. The van der Waals surface area contributed by atoms with Crippen molar-refractivity contribution >= 4 is 11.0 Å². The zero-order chi connectivity index (χ0) is 17.0. The van der Waals surface area contributed by atoms with Crippen LogP contribution in [0.25, 0.3) is 11.0 Å². The van der Waals surface area contributed by atoms with Gasteiger partial charge in [0.2, 0.25) is 0 Å². The fourth-order valence-corrected chi connectivity index (χ4v) is 2.09. The second-order valence-electron chi connectivity index (χ2n) is 5.01. The Kier molecular flexibility index (Phi) is 5.83. The topological polar surface area (TPSA) is 141 Å². The SMILES string of the molecule is O=c1ccc2ccccc2o1.OC[C@H]1O[C@@H](O)[C@H](O)[C@@H](O)[C@H]1O. The molecule has 1 aliphatic heterocycles. The lowest BCUT2D eigenvalue weighted by molar-refractivity contribution is -0.286. The molecule has 0 radical (unpaired) electrons. The molecular weight excluding hydrogens is 308 g/mol.